The van der Waals surface area contributed by atoms with Crippen LogP contribution in [0.1, 0.15) is 36.4 Å². The second kappa shape index (κ2) is 8.19. The number of benzene rings is 2. The topological polar surface area (TPSA) is 69.0 Å². The van der Waals surface area contributed by atoms with Crippen LogP contribution in [-0.2, 0) is 10.5 Å². The van der Waals surface area contributed by atoms with Crippen LogP contribution in [0.3, 0.4) is 0 Å². The van der Waals surface area contributed by atoms with Crippen LogP contribution in [0.2, 0.25) is 0 Å². The number of anilines is 1. The highest BCUT2D eigenvalue weighted by molar-refractivity contribution is 7.98. The molecule has 6 nitrogen and oxygen atoms in total. The van der Waals surface area contributed by atoms with Crippen molar-refractivity contribution in [1.82, 2.24) is 14.8 Å². The Morgan fingerprint density at radius 1 is 1.16 bits per heavy atom. The number of methoxy groups -OCH3 is 1. The highest BCUT2D eigenvalue weighted by atomic mass is 32.2. The first kappa shape index (κ1) is 19.8. The standard InChI is InChI=1S/C23H21FN4O2S/c1-30-17-11-7-15(8-12-17)21-20-18(3-2-4-19(20)29)25-22-26-23(27-28(21)22)31-13-14-5-9-16(24)10-6-14/h5-12,21H,2-4,13H2,1H3,(H,25,26,27)/t21-/m1/s1. The second-order valence-corrected chi connectivity index (χ2v) is 8.49. The third kappa shape index (κ3) is 3.83. The summed E-state index contributed by atoms with van der Waals surface area (Å²) < 4.78 is 20.2. The van der Waals surface area contributed by atoms with Crippen LogP contribution in [0.15, 0.2) is 65.0 Å². The molecule has 0 amide bonds. The molecule has 5 rings (SSSR count). The zero-order valence-electron chi connectivity index (χ0n) is 17.0. The number of rotatable bonds is 5. The van der Waals surface area contributed by atoms with E-state index in [0.29, 0.717) is 23.3 Å². The number of aromatic nitrogens is 3. The van der Waals surface area contributed by atoms with Crippen LogP contribution in [0.4, 0.5) is 10.3 Å². The predicted molar refractivity (Wildman–Crippen MR) is 117 cm³/mol. The van der Waals surface area contributed by atoms with E-state index in [1.807, 2.05) is 24.3 Å². The zero-order chi connectivity index (χ0) is 21.4. The van der Waals surface area contributed by atoms with E-state index in [1.165, 1.54) is 23.9 Å². The number of nitrogens with one attached hydrogen (secondary N) is 1. The van der Waals surface area contributed by atoms with Gasteiger partial charge in [-0.3, -0.25) is 4.79 Å². The van der Waals surface area contributed by atoms with Crippen molar-refractivity contribution in [2.24, 2.45) is 0 Å². The Balaban J connectivity index is 1.49. The molecule has 158 valence electrons. The average Bonchev–Trinajstić information content (AvgIpc) is 3.20. The molecule has 1 aliphatic heterocycles. The lowest BCUT2D eigenvalue weighted by molar-refractivity contribution is -0.116. The SMILES string of the molecule is COc1ccc([C@@H]2C3=C(CCCC3=O)Nc3nc(SCc4ccc(F)cc4)nn32)cc1. The number of thioether (sulfide) groups is 1. The first-order valence-corrected chi connectivity index (χ1v) is 11.1. The van der Waals surface area contributed by atoms with Gasteiger partial charge >= 0.3 is 0 Å². The molecule has 0 fully saturated rings. The van der Waals surface area contributed by atoms with Crippen molar-refractivity contribution >= 4 is 23.5 Å². The van der Waals surface area contributed by atoms with Gasteiger partial charge in [-0.2, -0.15) is 4.98 Å². The fourth-order valence-electron chi connectivity index (χ4n) is 4.02. The van der Waals surface area contributed by atoms with Gasteiger partial charge in [0, 0.05) is 23.4 Å². The summed E-state index contributed by atoms with van der Waals surface area (Å²) in [6.45, 7) is 0. The molecule has 0 saturated heterocycles. The normalized spacial score (nSPS) is 17.7. The summed E-state index contributed by atoms with van der Waals surface area (Å²) >= 11 is 1.48. The molecular formula is C23H21FN4O2S. The quantitative estimate of drug-likeness (QED) is 0.583. The Bertz CT molecular complexity index is 1160. The number of Topliss-reactive ketones (excluding diaryl/α,β-unsaturated/α-hetero) is 1. The smallest absolute Gasteiger partial charge is 0.227 e. The van der Waals surface area contributed by atoms with E-state index in [9.17, 15) is 9.18 Å². The molecule has 2 heterocycles. The molecule has 8 heteroatoms. The van der Waals surface area contributed by atoms with Gasteiger partial charge < -0.3 is 10.1 Å². The van der Waals surface area contributed by atoms with E-state index in [1.54, 1.807) is 23.9 Å². The lowest BCUT2D eigenvalue weighted by Gasteiger charge is -2.32. The number of fused-ring (bicyclic) bond motifs is 1. The van der Waals surface area contributed by atoms with Crippen molar-refractivity contribution in [3.8, 4) is 5.75 Å². The van der Waals surface area contributed by atoms with Gasteiger partial charge in [0.15, 0.2) is 5.78 Å². The zero-order valence-corrected chi connectivity index (χ0v) is 17.8. The van der Waals surface area contributed by atoms with Gasteiger partial charge in [0.1, 0.15) is 17.6 Å². The predicted octanol–water partition coefficient (Wildman–Crippen LogP) is 4.74. The van der Waals surface area contributed by atoms with E-state index in [4.69, 9.17) is 9.84 Å². The minimum Gasteiger partial charge on any atom is -0.497 e. The molecule has 3 aromatic rings. The largest absolute Gasteiger partial charge is 0.497 e. The summed E-state index contributed by atoms with van der Waals surface area (Å²) in [5.74, 6) is 1.92. The molecule has 0 spiro atoms. The van der Waals surface area contributed by atoms with Gasteiger partial charge in [-0.25, -0.2) is 9.07 Å². The number of ether oxygens (including phenoxy) is 1. The number of ketones is 1. The highest BCUT2D eigenvalue weighted by Crippen LogP contribution is 2.41. The van der Waals surface area contributed by atoms with Crippen LogP contribution in [-0.4, -0.2) is 27.7 Å². The van der Waals surface area contributed by atoms with Crippen LogP contribution in [0.5, 0.6) is 5.75 Å². The molecule has 2 aromatic carbocycles. The first-order chi connectivity index (χ1) is 15.1. The number of hydrogen-bond acceptors (Lipinski definition) is 6. The number of hydrogen-bond donors (Lipinski definition) is 1. The Morgan fingerprint density at radius 3 is 2.68 bits per heavy atom. The molecule has 2 aliphatic rings. The van der Waals surface area contributed by atoms with Crippen LogP contribution < -0.4 is 10.1 Å². The van der Waals surface area contributed by atoms with Gasteiger partial charge in [0.2, 0.25) is 11.1 Å². The third-order valence-electron chi connectivity index (χ3n) is 5.56. The summed E-state index contributed by atoms with van der Waals surface area (Å²) in [7, 11) is 1.63. The fraction of sp³-hybridized carbons (Fsp3) is 0.261. The summed E-state index contributed by atoms with van der Waals surface area (Å²) in [6, 6.07) is 13.8. The van der Waals surface area contributed by atoms with Gasteiger partial charge in [0.05, 0.1) is 7.11 Å². The molecule has 0 saturated carbocycles. The number of halogens is 1. The number of carbonyl (C=O) groups is 1. The summed E-state index contributed by atoms with van der Waals surface area (Å²) in [5, 5.41) is 8.67. The van der Waals surface area contributed by atoms with E-state index in [2.05, 4.69) is 10.3 Å². The van der Waals surface area contributed by atoms with E-state index >= 15 is 0 Å². The second-order valence-electron chi connectivity index (χ2n) is 7.55. The van der Waals surface area contributed by atoms with Crippen LogP contribution in [0, 0.1) is 5.82 Å². The van der Waals surface area contributed by atoms with Crippen molar-refractivity contribution < 1.29 is 13.9 Å². The molecule has 1 atom stereocenters. The number of carbonyl (C=O) groups excluding carboxylic acids is 1. The van der Waals surface area contributed by atoms with E-state index < -0.39 is 0 Å². The Morgan fingerprint density at radius 2 is 1.94 bits per heavy atom. The molecular weight excluding hydrogens is 415 g/mol. The van der Waals surface area contributed by atoms with Gasteiger partial charge in [-0.1, -0.05) is 36.0 Å². The lowest BCUT2D eigenvalue weighted by Crippen LogP contribution is -2.31. The number of allylic oxidation sites excluding steroid dienone is 2. The van der Waals surface area contributed by atoms with Gasteiger partial charge in [0.25, 0.3) is 0 Å². The minimum atomic E-state index is -0.322. The number of nitrogens with zero attached hydrogens (tertiary/aromatic N) is 3. The van der Waals surface area contributed by atoms with E-state index in [0.717, 1.165) is 41.0 Å². The van der Waals surface area contributed by atoms with Crippen molar-refractivity contribution in [2.45, 2.75) is 36.2 Å². The molecule has 0 radical (unpaired) electrons. The Labute approximate surface area is 183 Å². The monoisotopic (exact) mass is 436 g/mol. The average molecular weight is 437 g/mol. The Hall–Kier alpha value is -3.13. The fourth-order valence-corrected chi connectivity index (χ4v) is 4.81. The maximum Gasteiger partial charge on any atom is 0.227 e. The van der Waals surface area contributed by atoms with Crippen molar-refractivity contribution in [3.63, 3.8) is 0 Å². The van der Waals surface area contributed by atoms with Crippen molar-refractivity contribution in [2.75, 3.05) is 12.4 Å². The molecule has 1 N–H and O–H groups in total. The molecule has 31 heavy (non-hydrogen) atoms. The summed E-state index contributed by atoms with van der Waals surface area (Å²) in [4.78, 5) is 17.5. The van der Waals surface area contributed by atoms with Crippen molar-refractivity contribution in [1.29, 1.82) is 0 Å². The summed E-state index contributed by atoms with van der Waals surface area (Å²) in [5.41, 5.74) is 3.66. The third-order valence-corrected chi connectivity index (χ3v) is 6.47. The maximum atomic E-state index is 13.2. The maximum absolute atomic E-state index is 13.2. The Kier molecular flexibility index (Phi) is 5.23. The summed E-state index contributed by atoms with van der Waals surface area (Å²) in [6.07, 6.45) is 2.20. The van der Waals surface area contributed by atoms with Crippen molar-refractivity contribution in [3.05, 3.63) is 76.7 Å². The molecule has 1 aliphatic carbocycles. The lowest BCUT2D eigenvalue weighted by atomic mass is 9.85. The highest BCUT2D eigenvalue weighted by Gasteiger charge is 2.36. The molecule has 0 unspecified atom stereocenters. The van der Waals surface area contributed by atoms with Crippen LogP contribution in [0.25, 0.3) is 0 Å². The first-order valence-electron chi connectivity index (χ1n) is 10.1. The minimum absolute atomic E-state index is 0.149. The van der Waals surface area contributed by atoms with Gasteiger partial charge in [-0.15, -0.1) is 5.10 Å². The van der Waals surface area contributed by atoms with Crippen LogP contribution >= 0.6 is 11.8 Å². The van der Waals surface area contributed by atoms with E-state index in [-0.39, 0.29) is 17.6 Å². The molecule has 0 bridgehead atoms. The van der Waals surface area contributed by atoms with Gasteiger partial charge in [-0.05, 0) is 48.2 Å². The molecule has 1 aromatic heterocycles.